The molecule has 14 heavy (non-hydrogen) atoms. The number of halogens is 1. The second-order valence-electron chi connectivity index (χ2n) is 3.07. The lowest BCUT2D eigenvalue weighted by atomic mass is 10.1. The molecule has 0 fully saturated rings. The monoisotopic (exact) mass is 276 g/mol. The van der Waals surface area contributed by atoms with Crippen molar-refractivity contribution >= 4 is 33.2 Å². The molecule has 0 amide bonds. The minimum atomic E-state index is -0.135. The fourth-order valence-electron chi connectivity index (χ4n) is 1.05. The van der Waals surface area contributed by atoms with Gasteiger partial charge in [-0.05, 0) is 27.4 Å². The average molecular weight is 277 g/mol. The van der Waals surface area contributed by atoms with Crippen molar-refractivity contribution in [3.05, 3.63) is 20.8 Å². The Labute approximate surface area is 96.4 Å². The van der Waals surface area contributed by atoms with Gasteiger partial charge in [0.2, 0.25) is 0 Å². The Bertz CT molecular complexity index is 309. The molecule has 0 N–H and O–H groups in total. The zero-order valence-electron chi connectivity index (χ0n) is 8.25. The van der Waals surface area contributed by atoms with Gasteiger partial charge in [-0.15, -0.1) is 11.3 Å². The minimum Gasteiger partial charge on any atom is -0.465 e. The predicted octanol–water partition coefficient (Wildman–Crippen LogP) is 3.57. The lowest BCUT2D eigenvalue weighted by Gasteiger charge is -2.10. The number of hydrogen-bond acceptors (Lipinski definition) is 3. The number of thiophene rings is 1. The Morgan fingerprint density at radius 1 is 1.71 bits per heavy atom. The maximum absolute atomic E-state index is 10.9. The Kier molecular flexibility index (Phi) is 4.62. The van der Waals surface area contributed by atoms with E-state index < -0.39 is 0 Å². The van der Waals surface area contributed by atoms with Crippen LogP contribution >= 0.6 is 27.3 Å². The van der Waals surface area contributed by atoms with Crippen LogP contribution in [0.4, 0.5) is 0 Å². The van der Waals surface area contributed by atoms with Gasteiger partial charge in [0.1, 0.15) is 0 Å². The molecule has 0 aliphatic rings. The van der Waals surface area contributed by atoms with Crippen molar-refractivity contribution in [3.63, 3.8) is 0 Å². The summed E-state index contributed by atoms with van der Waals surface area (Å²) in [6.45, 7) is 4.32. The first-order valence-corrected chi connectivity index (χ1v) is 6.21. The molecule has 1 unspecified atom stereocenters. The van der Waals surface area contributed by atoms with E-state index in [1.54, 1.807) is 18.3 Å². The molecule has 0 bridgehead atoms. The number of rotatable bonds is 4. The first-order chi connectivity index (χ1) is 6.65. The Morgan fingerprint density at radius 2 is 2.43 bits per heavy atom. The molecule has 0 aliphatic carbocycles. The molecule has 78 valence electrons. The van der Waals surface area contributed by atoms with E-state index in [1.165, 1.54) is 4.88 Å². The third-order valence-electron chi connectivity index (χ3n) is 1.88. The molecule has 0 radical (unpaired) electrons. The van der Waals surface area contributed by atoms with Gasteiger partial charge < -0.3 is 4.74 Å². The molecule has 2 nitrogen and oxygen atoms in total. The summed E-state index contributed by atoms with van der Waals surface area (Å²) >= 11 is 5.14. The second kappa shape index (κ2) is 5.51. The highest BCUT2D eigenvalue weighted by atomic mass is 79.9. The first-order valence-electron chi connectivity index (χ1n) is 4.53. The van der Waals surface area contributed by atoms with Gasteiger partial charge in [0.05, 0.1) is 6.61 Å². The molecule has 1 rings (SSSR count). The van der Waals surface area contributed by atoms with Crippen molar-refractivity contribution in [3.8, 4) is 0 Å². The van der Waals surface area contributed by atoms with Crippen molar-refractivity contribution in [1.82, 2.24) is 0 Å². The summed E-state index contributed by atoms with van der Waals surface area (Å²) in [5.41, 5.74) is 0. The van der Waals surface area contributed by atoms with E-state index in [0.717, 1.165) is 4.47 Å². The largest absolute Gasteiger partial charge is 0.465 e. The number of ether oxygens (including phenoxy) is 1. The van der Waals surface area contributed by atoms with Gasteiger partial charge in [-0.25, -0.2) is 0 Å². The maximum atomic E-state index is 10.9. The van der Waals surface area contributed by atoms with Crippen molar-refractivity contribution in [2.75, 3.05) is 6.61 Å². The van der Waals surface area contributed by atoms with E-state index >= 15 is 0 Å². The van der Waals surface area contributed by atoms with Gasteiger partial charge in [-0.3, -0.25) is 4.79 Å². The third-order valence-corrected chi connectivity index (χ3v) is 3.98. The lowest BCUT2D eigenvalue weighted by molar-refractivity contribution is -0.143. The zero-order chi connectivity index (χ0) is 10.6. The first kappa shape index (κ1) is 11.7. The number of hydrogen-bond donors (Lipinski definition) is 0. The fourth-order valence-corrected chi connectivity index (χ4v) is 2.86. The molecular weight excluding hydrogens is 264 g/mol. The van der Waals surface area contributed by atoms with Crippen LogP contribution in [-0.4, -0.2) is 12.6 Å². The SMILES string of the molecule is CCC(=O)OCC(C)c1sccc1Br. The highest BCUT2D eigenvalue weighted by molar-refractivity contribution is 9.10. The smallest absolute Gasteiger partial charge is 0.305 e. The number of carbonyl (C=O) groups excluding carboxylic acids is 1. The van der Waals surface area contributed by atoms with Crippen molar-refractivity contribution < 1.29 is 9.53 Å². The van der Waals surface area contributed by atoms with Crippen LogP contribution in [0, 0.1) is 0 Å². The third kappa shape index (κ3) is 3.10. The van der Waals surface area contributed by atoms with Crippen molar-refractivity contribution in [2.45, 2.75) is 26.2 Å². The molecule has 1 atom stereocenters. The molecule has 0 aromatic carbocycles. The fraction of sp³-hybridized carbons (Fsp3) is 0.500. The Hall–Kier alpha value is -0.350. The topological polar surface area (TPSA) is 26.3 Å². The van der Waals surface area contributed by atoms with Crippen LogP contribution < -0.4 is 0 Å². The molecule has 0 spiro atoms. The summed E-state index contributed by atoms with van der Waals surface area (Å²) in [4.78, 5) is 12.2. The van der Waals surface area contributed by atoms with Gasteiger partial charge in [0.15, 0.2) is 0 Å². The van der Waals surface area contributed by atoms with Gasteiger partial charge >= 0.3 is 5.97 Å². The van der Waals surface area contributed by atoms with Crippen LogP contribution in [0.2, 0.25) is 0 Å². The van der Waals surface area contributed by atoms with Crippen LogP contribution in [0.1, 0.15) is 31.1 Å². The van der Waals surface area contributed by atoms with Crippen molar-refractivity contribution in [2.24, 2.45) is 0 Å². The molecule has 1 aromatic heterocycles. The highest BCUT2D eigenvalue weighted by Crippen LogP contribution is 2.30. The number of esters is 1. The zero-order valence-corrected chi connectivity index (χ0v) is 10.7. The minimum absolute atomic E-state index is 0.135. The molecule has 0 saturated carbocycles. The molecule has 1 aromatic rings. The van der Waals surface area contributed by atoms with Crippen LogP contribution in [0.25, 0.3) is 0 Å². The van der Waals surface area contributed by atoms with Crippen LogP contribution in [0.15, 0.2) is 15.9 Å². The van der Waals surface area contributed by atoms with Crippen molar-refractivity contribution in [1.29, 1.82) is 0 Å². The van der Waals surface area contributed by atoms with Crippen LogP contribution in [0.5, 0.6) is 0 Å². The van der Waals surface area contributed by atoms with E-state index in [0.29, 0.717) is 13.0 Å². The number of carbonyl (C=O) groups is 1. The van der Waals surface area contributed by atoms with Gasteiger partial charge in [-0.1, -0.05) is 13.8 Å². The average Bonchev–Trinajstić information content (AvgIpc) is 2.60. The van der Waals surface area contributed by atoms with E-state index in [2.05, 4.69) is 22.9 Å². The summed E-state index contributed by atoms with van der Waals surface area (Å²) in [5.74, 6) is 0.129. The van der Waals surface area contributed by atoms with Gasteiger partial charge in [-0.2, -0.15) is 0 Å². The van der Waals surface area contributed by atoms with Crippen LogP contribution in [0.3, 0.4) is 0 Å². The Balaban J connectivity index is 2.47. The Morgan fingerprint density at radius 3 is 2.93 bits per heavy atom. The maximum Gasteiger partial charge on any atom is 0.305 e. The van der Waals surface area contributed by atoms with E-state index in [1.807, 2.05) is 11.4 Å². The molecule has 1 heterocycles. The molecule has 0 saturated heterocycles. The second-order valence-corrected chi connectivity index (χ2v) is 4.87. The molecule has 4 heteroatoms. The van der Waals surface area contributed by atoms with E-state index in [9.17, 15) is 4.79 Å². The quantitative estimate of drug-likeness (QED) is 0.786. The normalized spacial score (nSPS) is 12.5. The summed E-state index contributed by atoms with van der Waals surface area (Å²) in [6.07, 6.45) is 0.443. The van der Waals surface area contributed by atoms with Gasteiger partial charge in [0, 0.05) is 21.7 Å². The van der Waals surface area contributed by atoms with Crippen LogP contribution in [-0.2, 0) is 9.53 Å². The van der Waals surface area contributed by atoms with E-state index in [4.69, 9.17) is 4.74 Å². The highest BCUT2D eigenvalue weighted by Gasteiger charge is 2.12. The van der Waals surface area contributed by atoms with Gasteiger partial charge in [0.25, 0.3) is 0 Å². The van der Waals surface area contributed by atoms with E-state index in [-0.39, 0.29) is 11.9 Å². The molecule has 0 aliphatic heterocycles. The predicted molar refractivity (Wildman–Crippen MR) is 61.7 cm³/mol. The summed E-state index contributed by atoms with van der Waals surface area (Å²) in [5, 5.41) is 2.03. The lowest BCUT2D eigenvalue weighted by Crippen LogP contribution is -2.09. The summed E-state index contributed by atoms with van der Waals surface area (Å²) in [6, 6.07) is 2.01. The molecular formula is C10H13BrO2S. The summed E-state index contributed by atoms with van der Waals surface area (Å²) in [7, 11) is 0. The summed E-state index contributed by atoms with van der Waals surface area (Å²) < 4.78 is 6.18. The standard InChI is InChI=1S/C10H13BrO2S/c1-3-9(12)13-6-7(2)10-8(11)4-5-14-10/h4-5,7H,3,6H2,1-2H3.